The summed E-state index contributed by atoms with van der Waals surface area (Å²) in [6.07, 6.45) is 0.268. The van der Waals surface area contributed by atoms with Crippen LogP contribution < -0.4 is 10.1 Å². The molecule has 0 radical (unpaired) electrons. The van der Waals surface area contributed by atoms with Crippen LogP contribution in [0.2, 0.25) is 0 Å². The van der Waals surface area contributed by atoms with Crippen molar-refractivity contribution >= 4 is 23.4 Å². The van der Waals surface area contributed by atoms with E-state index in [9.17, 15) is 24.5 Å². The van der Waals surface area contributed by atoms with Crippen molar-refractivity contribution in [3.05, 3.63) is 92.3 Å². The van der Waals surface area contributed by atoms with Gasteiger partial charge in [-0.3, -0.25) is 19.7 Å². The van der Waals surface area contributed by atoms with E-state index < -0.39 is 40.4 Å². The van der Waals surface area contributed by atoms with Crippen molar-refractivity contribution in [3.8, 4) is 5.75 Å². The van der Waals surface area contributed by atoms with E-state index in [1.807, 2.05) is 0 Å². The Bertz CT molecular complexity index is 1340. The first kappa shape index (κ1) is 25.6. The molecule has 2 aromatic carbocycles. The monoisotopic (exact) mass is 506 g/mol. The lowest BCUT2D eigenvalue weighted by Gasteiger charge is -2.39. The molecule has 4 rings (SSSR count). The van der Waals surface area contributed by atoms with E-state index in [0.29, 0.717) is 22.7 Å². The van der Waals surface area contributed by atoms with E-state index in [1.54, 1.807) is 44.4 Å². The van der Waals surface area contributed by atoms with Crippen molar-refractivity contribution in [1.82, 2.24) is 5.32 Å². The van der Waals surface area contributed by atoms with Gasteiger partial charge in [-0.15, -0.1) is 0 Å². The van der Waals surface area contributed by atoms with Crippen LogP contribution in [0.15, 0.2) is 71.1 Å². The number of Topliss-reactive ketones (excluding diaryl/α,β-unsaturated/α-hetero) is 1. The van der Waals surface area contributed by atoms with Crippen molar-refractivity contribution in [2.75, 3.05) is 21.3 Å². The van der Waals surface area contributed by atoms with Gasteiger partial charge in [0.1, 0.15) is 11.7 Å². The molecule has 10 heteroatoms. The third-order valence-corrected chi connectivity index (χ3v) is 6.84. The van der Waals surface area contributed by atoms with Crippen molar-refractivity contribution in [3.63, 3.8) is 0 Å². The van der Waals surface area contributed by atoms with Crippen molar-refractivity contribution in [2.45, 2.75) is 25.2 Å². The maximum Gasteiger partial charge on any atom is 0.336 e. The molecule has 1 N–H and O–H groups in total. The molecule has 0 bridgehead atoms. The average molecular weight is 507 g/mol. The van der Waals surface area contributed by atoms with E-state index in [-0.39, 0.29) is 23.3 Å². The summed E-state index contributed by atoms with van der Waals surface area (Å²) in [5.74, 6) is -3.99. The highest BCUT2D eigenvalue weighted by Gasteiger charge is 2.49. The molecule has 0 spiro atoms. The lowest BCUT2D eigenvalue weighted by atomic mass is 9.67. The molecule has 0 saturated heterocycles. The maximum absolute atomic E-state index is 14.1. The highest BCUT2D eigenvalue weighted by atomic mass is 16.6. The zero-order chi connectivity index (χ0) is 26.9. The van der Waals surface area contributed by atoms with Gasteiger partial charge in [0, 0.05) is 40.9 Å². The molecule has 192 valence electrons. The minimum atomic E-state index is -1.18. The van der Waals surface area contributed by atoms with Gasteiger partial charge in [-0.05, 0) is 36.6 Å². The van der Waals surface area contributed by atoms with Crippen LogP contribution in [0, 0.1) is 16.0 Å². The Hall–Kier alpha value is -4.47. The van der Waals surface area contributed by atoms with Gasteiger partial charge < -0.3 is 19.5 Å². The number of methoxy groups -OCH3 is 3. The van der Waals surface area contributed by atoms with Gasteiger partial charge in [0.2, 0.25) is 0 Å². The molecular weight excluding hydrogens is 480 g/mol. The number of carbonyl (C=O) groups is 3. The number of rotatable bonds is 6. The molecule has 1 heterocycles. The Labute approximate surface area is 213 Å². The number of nitro benzene ring substituents is 1. The first-order valence-corrected chi connectivity index (χ1v) is 11.5. The molecule has 2 aromatic rings. The minimum Gasteiger partial charge on any atom is -0.497 e. The van der Waals surface area contributed by atoms with Crippen LogP contribution in [0.25, 0.3) is 0 Å². The van der Waals surface area contributed by atoms with E-state index >= 15 is 0 Å². The number of benzene rings is 2. The van der Waals surface area contributed by atoms with E-state index in [2.05, 4.69) is 5.32 Å². The second-order valence-corrected chi connectivity index (χ2v) is 8.78. The average Bonchev–Trinajstić information content (AvgIpc) is 2.91. The maximum atomic E-state index is 14.1. The minimum absolute atomic E-state index is 0.140. The molecule has 0 aromatic heterocycles. The number of nitrogens with one attached hydrogen (secondary N) is 1. The number of non-ortho nitro benzene ring substituents is 1. The molecule has 2 aliphatic rings. The Kier molecular flexibility index (Phi) is 7.10. The largest absolute Gasteiger partial charge is 0.497 e. The molecule has 10 nitrogen and oxygen atoms in total. The number of ether oxygens (including phenoxy) is 3. The molecule has 1 aliphatic heterocycles. The first-order chi connectivity index (χ1) is 17.7. The van der Waals surface area contributed by atoms with E-state index in [1.165, 1.54) is 32.4 Å². The van der Waals surface area contributed by atoms with Gasteiger partial charge >= 0.3 is 11.9 Å². The van der Waals surface area contributed by atoms with Gasteiger partial charge in [-0.25, -0.2) is 4.79 Å². The van der Waals surface area contributed by atoms with E-state index in [0.717, 1.165) is 5.56 Å². The molecule has 1 aliphatic carbocycles. The van der Waals surface area contributed by atoms with Crippen LogP contribution in [0.5, 0.6) is 5.75 Å². The van der Waals surface area contributed by atoms with Crippen molar-refractivity contribution in [1.29, 1.82) is 0 Å². The molecular formula is C27H26N2O8. The zero-order valence-corrected chi connectivity index (χ0v) is 20.8. The number of hydrogen-bond acceptors (Lipinski definition) is 9. The number of ketones is 1. The SMILES string of the molecule is COC(=O)C1=C(C)NC2=C(C(=O)C(C(=O)OC)C(c3ccc(OC)cc3)C2)C1c1cccc([N+](=O)[O-])c1. The quantitative estimate of drug-likeness (QED) is 0.270. The van der Waals surface area contributed by atoms with E-state index in [4.69, 9.17) is 14.2 Å². The van der Waals surface area contributed by atoms with Crippen LogP contribution >= 0.6 is 0 Å². The third kappa shape index (κ3) is 4.57. The second-order valence-electron chi connectivity index (χ2n) is 8.78. The fraction of sp³-hybridized carbons (Fsp3) is 0.296. The molecule has 37 heavy (non-hydrogen) atoms. The number of nitro groups is 1. The summed E-state index contributed by atoms with van der Waals surface area (Å²) >= 11 is 0. The van der Waals surface area contributed by atoms with Gasteiger partial charge in [0.05, 0.1) is 31.8 Å². The van der Waals surface area contributed by atoms with Crippen LogP contribution in [0.1, 0.15) is 36.3 Å². The lowest BCUT2D eigenvalue weighted by molar-refractivity contribution is -0.384. The van der Waals surface area contributed by atoms with Gasteiger partial charge in [-0.2, -0.15) is 0 Å². The van der Waals surface area contributed by atoms with Crippen molar-refractivity contribution in [2.24, 2.45) is 5.92 Å². The Morgan fingerprint density at radius 2 is 1.73 bits per heavy atom. The van der Waals surface area contributed by atoms with Gasteiger partial charge in [0.15, 0.2) is 5.78 Å². The first-order valence-electron chi connectivity index (χ1n) is 11.5. The number of esters is 2. The summed E-state index contributed by atoms with van der Waals surface area (Å²) in [7, 11) is 3.98. The normalized spacial score (nSPS) is 21.1. The molecule has 0 fully saturated rings. The van der Waals surface area contributed by atoms with Crippen LogP contribution in [0.3, 0.4) is 0 Å². The highest BCUT2D eigenvalue weighted by Crippen LogP contribution is 2.48. The van der Waals surface area contributed by atoms with Crippen LogP contribution in [-0.2, 0) is 23.9 Å². The number of nitrogens with zero attached hydrogens (tertiary/aromatic N) is 1. The lowest BCUT2D eigenvalue weighted by Crippen LogP contribution is -2.43. The Morgan fingerprint density at radius 1 is 1.03 bits per heavy atom. The van der Waals surface area contributed by atoms with Crippen LogP contribution in [-0.4, -0.2) is 44.0 Å². The number of carbonyl (C=O) groups excluding carboxylic acids is 3. The van der Waals surface area contributed by atoms with Crippen molar-refractivity contribution < 1.29 is 33.5 Å². The summed E-state index contributed by atoms with van der Waals surface area (Å²) in [6, 6.07) is 12.8. The standard InChI is InChI=1S/C27H26N2O8/c1-14-21(26(31)36-3)22(16-6-5-7-17(12-16)29(33)34)24-20(28-14)13-19(23(25(24)30)27(32)37-4)15-8-10-18(35-2)11-9-15/h5-12,19,22-23,28H,13H2,1-4H3. The smallest absolute Gasteiger partial charge is 0.336 e. The second kappa shape index (κ2) is 10.3. The predicted octanol–water partition coefficient (Wildman–Crippen LogP) is 3.54. The topological polar surface area (TPSA) is 134 Å². The van der Waals surface area contributed by atoms with Gasteiger partial charge in [0.25, 0.3) is 5.69 Å². The summed E-state index contributed by atoms with van der Waals surface area (Å²) in [4.78, 5) is 50.9. The molecule has 0 saturated carbocycles. The third-order valence-electron chi connectivity index (χ3n) is 6.84. The predicted molar refractivity (Wildman–Crippen MR) is 132 cm³/mol. The molecule has 3 atom stereocenters. The Morgan fingerprint density at radius 3 is 2.32 bits per heavy atom. The Balaban J connectivity index is 1.91. The molecule has 0 amide bonds. The highest BCUT2D eigenvalue weighted by molar-refractivity contribution is 6.13. The molecule has 3 unspecified atom stereocenters. The number of dihydropyridines is 1. The summed E-state index contributed by atoms with van der Waals surface area (Å²) in [5, 5.41) is 14.7. The fourth-order valence-corrected chi connectivity index (χ4v) is 5.13. The zero-order valence-electron chi connectivity index (χ0n) is 20.8. The summed E-state index contributed by atoms with van der Waals surface area (Å²) in [6.45, 7) is 1.68. The van der Waals surface area contributed by atoms with Gasteiger partial charge in [-0.1, -0.05) is 24.3 Å². The number of hydrogen-bond donors (Lipinski definition) is 1. The fourth-order valence-electron chi connectivity index (χ4n) is 5.13. The van der Waals surface area contributed by atoms with Crippen LogP contribution in [0.4, 0.5) is 5.69 Å². The summed E-state index contributed by atoms with van der Waals surface area (Å²) in [5.41, 5.74) is 2.23. The summed E-state index contributed by atoms with van der Waals surface area (Å²) < 4.78 is 15.3. The number of allylic oxidation sites excluding steroid dienone is 3.